The molecule has 243 valence electrons. The summed E-state index contributed by atoms with van der Waals surface area (Å²) < 4.78 is 3.26. The summed E-state index contributed by atoms with van der Waals surface area (Å²) in [6.45, 7) is 19.4. The van der Waals surface area contributed by atoms with Gasteiger partial charge in [-0.1, -0.05) is 0 Å². The van der Waals surface area contributed by atoms with Crippen molar-refractivity contribution >= 4 is 12.1 Å². The monoisotopic (exact) mass is 737 g/mol. The molecule has 3 aromatic rings. The van der Waals surface area contributed by atoms with Gasteiger partial charge in [0.05, 0.1) is 0 Å². The largest absolute Gasteiger partial charge is 1.00 e. The summed E-state index contributed by atoms with van der Waals surface area (Å²) >= 11 is -1.34. The van der Waals surface area contributed by atoms with Crippen LogP contribution in [0, 0.1) is 17.3 Å². The van der Waals surface area contributed by atoms with Crippen molar-refractivity contribution in [2.45, 2.75) is 80.6 Å². The van der Waals surface area contributed by atoms with Gasteiger partial charge in [-0.2, -0.15) is 0 Å². The van der Waals surface area contributed by atoms with Gasteiger partial charge in [0, 0.05) is 0 Å². The van der Waals surface area contributed by atoms with Crippen LogP contribution in [0.4, 0.5) is 0 Å². The topological polar surface area (TPSA) is 0 Å². The number of halogens is 2. The van der Waals surface area contributed by atoms with Gasteiger partial charge in [-0.15, -0.1) is 0 Å². The molecule has 0 heterocycles. The second-order valence-electron chi connectivity index (χ2n) is 13.9. The molecule has 0 saturated heterocycles. The van der Waals surface area contributed by atoms with Gasteiger partial charge in [0.15, 0.2) is 0 Å². The average molecular weight is 740 g/mol. The second-order valence-corrected chi connectivity index (χ2v) is 17.0. The van der Waals surface area contributed by atoms with E-state index >= 15 is 0 Å². The van der Waals surface area contributed by atoms with Crippen LogP contribution in [0.15, 0.2) is 119 Å². The summed E-state index contributed by atoms with van der Waals surface area (Å²) in [4.78, 5) is 0. The first-order valence-corrected chi connectivity index (χ1v) is 19.7. The number of rotatable bonds is 9. The third-order valence-electron chi connectivity index (χ3n) is 10.5. The minimum atomic E-state index is -1.34. The summed E-state index contributed by atoms with van der Waals surface area (Å²) in [5, 5.41) is 3.07. The van der Waals surface area contributed by atoms with Crippen LogP contribution >= 0.6 is 0 Å². The summed E-state index contributed by atoms with van der Waals surface area (Å²) in [5.41, 5.74) is 13.7. The zero-order valence-electron chi connectivity index (χ0n) is 29.3. The van der Waals surface area contributed by atoms with E-state index in [0.717, 1.165) is 19.3 Å². The Labute approximate surface area is 307 Å². The van der Waals surface area contributed by atoms with Crippen LogP contribution in [0.3, 0.4) is 0 Å². The first kappa shape index (κ1) is 37.5. The molecular formula is C44H49Cl2Zr. The van der Waals surface area contributed by atoms with Crippen molar-refractivity contribution in [3.8, 4) is 0 Å². The zero-order valence-corrected chi connectivity index (χ0v) is 33.3. The summed E-state index contributed by atoms with van der Waals surface area (Å²) in [6, 6.07) is 27.7. The number of fused-ring (bicyclic) bond motifs is 2. The Hall–Kier alpha value is -2.31. The van der Waals surface area contributed by atoms with Crippen molar-refractivity contribution < 1.29 is 47.6 Å². The van der Waals surface area contributed by atoms with E-state index in [2.05, 4.69) is 152 Å². The van der Waals surface area contributed by atoms with Crippen LogP contribution in [0.5, 0.6) is 0 Å². The van der Waals surface area contributed by atoms with Gasteiger partial charge in [0.25, 0.3) is 0 Å². The van der Waals surface area contributed by atoms with Crippen molar-refractivity contribution in [3.63, 3.8) is 0 Å². The van der Waals surface area contributed by atoms with E-state index < -0.39 is 22.8 Å². The van der Waals surface area contributed by atoms with Crippen molar-refractivity contribution in [1.29, 1.82) is 0 Å². The molecule has 47 heavy (non-hydrogen) atoms. The molecule has 3 heteroatoms. The average Bonchev–Trinajstić information content (AvgIpc) is 3.69. The predicted molar refractivity (Wildman–Crippen MR) is 191 cm³/mol. The number of allylic oxidation sites excluding steroid dienone is 8. The van der Waals surface area contributed by atoms with E-state index in [-0.39, 0.29) is 30.2 Å². The Morgan fingerprint density at radius 1 is 0.809 bits per heavy atom. The number of benzene rings is 3. The maximum Gasteiger partial charge on any atom is -1.00 e. The van der Waals surface area contributed by atoms with E-state index in [0.29, 0.717) is 17.8 Å². The quantitative estimate of drug-likeness (QED) is 0.314. The molecule has 0 radical (unpaired) electrons. The Balaban J connectivity index is 0.00000250. The van der Waals surface area contributed by atoms with Gasteiger partial charge >= 0.3 is 285 Å². The molecule has 1 unspecified atom stereocenters. The van der Waals surface area contributed by atoms with E-state index in [1.807, 2.05) is 0 Å². The maximum atomic E-state index is 2.70. The number of hydrogen-bond acceptors (Lipinski definition) is 0. The minimum Gasteiger partial charge on any atom is -1.00 e. The molecule has 1 atom stereocenters. The van der Waals surface area contributed by atoms with E-state index in [4.69, 9.17) is 0 Å². The normalized spacial score (nSPS) is 18.1. The molecule has 3 aliphatic carbocycles. The Kier molecular flexibility index (Phi) is 12.4. The minimum absolute atomic E-state index is 0. The Morgan fingerprint density at radius 3 is 1.89 bits per heavy atom. The predicted octanol–water partition coefficient (Wildman–Crippen LogP) is 3.84. The smallest absolute Gasteiger partial charge is 1.00 e. The van der Waals surface area contributed by atoms with E-state index in [9.17, 15) is 0 Å². The molecule has 0 N–H and O–H groups in total. The molecule has 3 aromatic carbocycles. The second kappa shape index (κ2) is 15.5. The van der Waals surface area contributed by atoms with Crippen molar-refractivity contribution in [2.75, 3.05) is 0 Å². The standard InChI is InChI=1S/C31H39.C13H10.2ClH.Zr/c1-9-22-15-24-17-27-26(29(24)25(16-22)19(3)4)18-28(20(5)6)31(10-2,21(7)8)30(27)23-13-11-12-14-23;1-3-7-12(8-4-1)11-13-9-5-2-6-10-13;;;/h11-13,15-16,18-21H,9-10,14H2,1-8H3;1-10H;2*1H;/q;;;;+2/p-2. The molecule has 6 rings (SSSR count). The van der Waals surface area contributed by atoms with Crippen LogP contribution in [0.2, 0.25) is 0 Å². The summed E-state index contributed by atoms with van der Waals surface area (Å²) in [5.74, 6) is 1.44. The molecule has 0 aliphatic heterocycles. The first-order chi connectivity index (χ1) is 21.7. The third kappa shape index (κ3) is 6.55. The Morgan fingerprint density at radius 2 is 1.43 bits per heavy atom. The van der Waals surface area contributed by atoms with Gasteiger partial charge in [0.2, 0.25) is 0 Å². The van der Waals surface area contributed by atoms with E-state index in [1.54, 1.807) is 23.2 Å². The van der Waals surface area contributed by atoms with Gasteiger partial charge in [-0.05, 0) is 0 Å². The van der Waals surface area contributed by atoms with Gasteiger partial charge in [-0.25, -0.2) is 0 Å². The maximum absolute atomic E-state index is 2.70. The van der Waals surface area contributed by atoms with E-state index in [1.165, 1.54) is 43.8 Å². The molecule has 0 nitrogen and oxygen atoms in total. The van der Waals surface area contributed by atoms with Crippen LogP contribution in [0.25, 0.3) is 8.85 Å². The fourth-order valence-corrected chi connectivity index (χ4v) is 12.2. The molecule has 0 saturated carbocycles. The van der Waals surface area contributed by atoms with Crippen LogP contribution < -0.4 is 35.3 Å². The molecule has 0 fully saturated rings. The van der Waals surface area contributed by atoms with Crippen molar-refractivity contribution in [2.24, 2.45) is 17.3 Å². The molecular weight excluding hydrogens is 691 g/mol. The first-order valence-electron chi connectivity index (χ1n) is 17.2. The van der Waals surface area contributed by atoms with Crippen molar-refractivity contribution in [3.05, 3.63) is 152 Å². The summed E-state index contributed by atoms with van der Waals surface area (Å²) in [7, 11) is 0. The molecule has 0 bridgehead atoms. The molecule has 0 aromatic heterocycles. The van der Waals surface area contributed by atoms with Gasteiger partial charge in [0.1, 0.15) is 0 Å². The van der Waals surface area contributed by atoms with Gasteiger partial charge < -0.3 is 24.8 Å². The van der Waals surface area contributed by atoms with Crippen molar-refractivity contribution in [1.82, 2.24) is 0 Å². The van der Waals surface area contributed by atoms with Crippen LogP contribution in [-0.2, 0) is 29.2 Å². The van der Waals surface area contributed by atoms with Crippen LogP contribution in [0.1, 0.15) is 96.4 Å². The van der Waals surface area contributed by atoms with Crippen LogP contribution in [-0.4, -0.2) is 3.21 Å². The number of hydrogen-bond donors (Lipinski definition) is 0. The molecule has 0 amide bonds. The number of aryl methyl sites for hydroxylation is 1. The fourth-order valence-electron chi connectivity index (χ4n) is 8.28. The molecule has 3 aliphatic rings. The fraction of sp³-hybridized carbons (Fsp3) is 0.341. The zero-order chi connectivity index (χ0) is 31.9. The van der Waals surface area contributed by atoms with Gasteiger partial charge in [-0.3, -0.25) is 0 Å². The molecule has 0 spiro atoms. The SMILES string of the molecule is CCc1cc(C(C)C)c2c(c1)=[C]([Zr+2]=[C](c1ccccc1)c1ccccc1)C1=C(C3=CC=CC3)C(CC)(C(C)C)C(C(C)C)=CC=21.[Cl-].[Cl-]. The summed E-state index contributed by atoms with van der Waals surface area (Å²) in [6.07, 6.45) is 13.0. The Bertz CT molecular complexity index is 1860. The third-order valence-corrected chi connectivity index (χ3v) is 14.4.